The average molecular weight is 484 g/mol. The Labute approximate surface area is 200 Å². The maximum Gasteiger partial charge on any atom is 0.243 e. The zero-order valence-electron chi connectivity index (χ0n) is 19.1. The summed E-state index contributed by atoms with van der Waals surface area (Å²) in [6.07, 6.45) is 1.61. The maximum absolute atomic E-state index is 13.0. The van der Waals surface area contributed by atoms with Crippen molar-refractivity contribution in [2.75, 3.05) is 38.2 Å². The summed E-state index contributed by atoms with van der Waals surface area (Å²) in [6.45, 7) is 4.39. The van der Waals surface area contributed by atoms with Gasteiger partial charge in [0.25, 0.3) is 0 Å². The van der Waals surface area contributed by atoms with Crippen LogP contribution in [-0.4, -0.2) is 56.4 Å². The molecule has 1 aromatic heterocycles. The molecule has 0 radical (unpaired) electrons. The molecule has 0 saturated carbocycles. The molecule has 9 heteroatoms. The fourth-order valence-corrected chi connectivity index (χ4v) is 5.29. The Kier molecular flexibility index (Phi) is 7.79. The van der Waals surface area contributed by atoms with Crippen molar-refractivity contribution in [2.24, 2.45) is 0 Å². The van der Waals surface area contributed by atoms with E-state index < -0.39 is 10.0 Å². The number of amides is 1. The number of nitrogens with one attached hydrogen (secondary N) is 1. The number of carbonyl (C=O) groups excluding carboxylic acids is 1. The van der Waals surface area contributed by atoms with Crippen LogP contribution in [0.1, 0.15) is 16.9 Å². The van der Waals surface area contributed by atoms with E-state index in [2.05, 4.69) is 5.32 Å². The van der Waals surface area contributed by atoms with Crippen LogP contribution in [0, 0.1) is 6.92 Å². The lowest BCUT2D eigenvalue weighted by Gasteiger charge is -2.26. The summed E-state index contributed by atoms with van der Waals surface area (Å²) in [6, 6.07) is 18.4. The van der Waals surface area contributed by atoms with Gasteiger partial charge >= 0.3 is 0 Å². The molecule has 0 atom stereocenters. The van der Waals surface area contributed by atoms with Crippen LogP contribution in [0.2, 0.25) is 0 Å². The minimum Gasteiger partial charge on any atom is -0.468 e. The fourth-order valence-electron chi connectivity index (χ4n) is 3.86. The van der Waals surface area contributed by atoms with Crippen molar-refractivity contribution in [1.82, 2.24) is 9.21 Å². The second-order valence-electron chi connectivity index (χ2n) is 8.25. The molecule has 1 fully saturated rings. The summed E-state index contributed by atoms with van der Waals surface area (Å²) < 4.78 is 38.2. The Morgan fingerprint density at radius 1 is 1.03 bits per heavy atom. The topological polar surface area (TPSA) is 92.1 Å². The first-order chi connectivity index (χ1) is 16.4. The number of nitrogens with zero attached hydrogens (tertiary/aromatic N) is 2. The minimum atomic E-state index is -3.66. The van der Waals surface area contributed by atoms with Gasteiger partial charge in [-0.1, -0.05) is 36.4 Å². The summed E-state index contributed by atoms with van der Waals surface area (Å²) >= 11 is 0. The van der Waals surface area contributed by atoms with Crippen molar-refractivity contribution in [1.29, 1.82) is 0 Å². The Morgan fingerprint density at radius 2 is 1.79 bits per heavy atom. The number of benzene rings is 2. The van der Waals surface area contributed by atoms with Gasteiger partial charge in [-0.25, -0.2) is 8.42 Å². The molecule has 1 amide bonds. The van der Waals surface area contributed by atoms with E-state index in [0.29, 0.717) is 45.1 Å². The average Bonchev–Trinajstić information content (AvgIpc) is 3.34. The summed E-state index contributed by atoms with van der Waals surface area (Å²) in [5, 5.41) is 2.90. The molecule has 0 aliphatic carbocycles. The first kappa shape index (κ1) is 24.2. The number of furan rings is 1. The number of morpholine rings is 1. The molecule has 1 saturated heterocycles. The molecule has 1 aliphatic heterocycles. The predicted octanol–water partition coefficient (Wildman–Crippen LogP) is 3.25. The van der Waals surface area contributed by atoms with Gasteiger partial charge in [0.2, 0.25) is 15.9 Å². The molecule has 0 unspecified atom stereocenters. The van der Waals surface area contributed by atoms with Crippen LogP contribution in [0.4, 0.5) is 5.69 Å². The minimum absolute atomic E-state index is 0.121. The molecule has 8 nitrogen and oxygen atoms in total. The van der Waals surface area contributed by atoms with Crippen LogP contribution < -0.4 is 5.32 Å². The third-order valence-electron chi connectivity index (χ3n) is 5.67. The summed E-state index contributed by atoms with van der Waals surface area (Å²) in [5.41, 5.74) is 2.35. The Hall–Kier alpha value is -2.98. The number of rotatable bonds is 9. The van der Waals surface area contributed by atoms with Gasteiger partial charge in [0.1, 0.15) is 5.76 Å². The second-order valence-corrected chi connectivity index (χ2v) is 10.2. The van der Waals surface area contributed by atoms with E-state index in [1.54, 1.807) is 18.4 Å². The van der Waals surface area contributed by atoms with Crippen LogP contribution in [0.5, 0.6) is 0 Å². The Bertz CT molecular complexity index is 1190. The maximum atomic E-state index is 13.0. The summed E-state index contributed by atoms with van der Waals surface area (Å²) in [7, 11) is -3.66. The quantitative estimate of drug-likeness (QED) is 0.502. The van der Waals surface area contributed by atoms with E-state index in [0.717, 1.165) is 16.9 Å². The molecule has 0 spiro atoms. The monoisotopic (exact) mass is 483 g/mol. The van der Waals surface area contributed by atoms with Gasteiger partial charge < -0.3 is 14.5 Å². The Balaban J connectivity index is 1.48. The van der Waals surface area contributed by atoms with Gasteiger partial charge in [-0.3, -0.25) is 9.69 Å². The second kappa shape index (κ2) is 11.0. The van der Waals surface area contributed by atoms with E-state index in [1.165, 1.54) is 10.4 Å². The number of hydrogen-bond acceptors (Lipinski definition) is 6. The highest BCUT2D eigenvalue weighted by molar-refractivity contribution is 7.89. The zero-order chi connectivity index (χ0) is 24.0. The largest absolute Gasteiger partial charge is 0.468 e. The molecule has 180 valence electrons. The van der Waals surface area contributed by atoms with Gasteiger partial charge in [0.05, 0.1) is 37.5 Å². The van der Waals surface area contributed by atoms with Crippen LogP contribution in [0.15, 0.2) is 76.2 Å². The third kappa shape index (κ3) is 6.12. The number of sulfonamides is 1. The molecule has 3 aromatic rings. The molecule has 2 aromatic carbocycles. The van der Waals surface area contributed by atoms with E-state index >= 15 is 0 Å². The lowest BCUT2D eigenvalue weighted by atomic mass is 10.2. The van der Waals surface area contributed by atoms with E-state index in [4.69, 9.17) is 9.15 Å². The van der Waals surface area contributed by atoms with Gasteiger partial charge in [0.15, 0.2) is 0 Å². The van der Waals surface area contributed by atoms with Crippen LogP contribution in [0.3, 0.4) is 0 Å². The number of anilines is 1. The SMILES string of the molecule is Cc1ccc(S(=O)(=O)N2CCOCC2)cc1NC(=O)CN(Cc1ccccc1)Cc1ccco1. The van der Waals surface area contributed by atoms with E-state index in [9.17, 15) is 13.2 Å². The number of aryl methyl sites for hydroxylation is 1. The van der Waals surface area contributed by atoms with Gasteiger partial charge in [0, 0.05) is 25.3 Å². The summed E-state index contributed by atoms with van der Waals surface area (Å²) in [4.78, 5) is 15.1. The molecular formula is C25H29N3O5S. The number of ether oxygens (including phenoxy) is 1. The first-order valence-electron chi connectivity index (χ1n) is 11.2. The standard InChI is InChI=1S/C25H29N3O5S/c1-20-9-10-23(34(30,31)28-11-14-32-15-12-28)16-24(20)26-25(29)19-27(18-22-8-5-13-33-22)17-21-6-3-2-4-7-21/h2-10,13,16H,11-12,14-15,17-19H2,1H3,(H,26,29). The fraction of sp³-hybridized carbons (Fsp3) is 0.320. The molecule has 1 aliphatic rings. The van der Waals surface area contributed by atoms with Crippen molar-refractivity contribution in [3.63, 3.8) is 0 Å². The molecule has 34 heavy (non-hydrogen) atoms. The predicted molar refractivity (Wildman–Crippen MR) is 129 cm³/mol. The van der Waals surface area contributed by atoms with Gasteiger partial charge in [-0.2, -0.15) is 4.31 Å². The summed E-state index contributed by atoms with van der Waals surface area (Å²) in [5.74, 6) is 0.532. The third-order valence-corrected chi connectivity index (χ3v) is 7.56. The zero-order valence-corrected chi connectivity index (χ0v) is 20.0. The number of hydrogen-bond donors (Lipinski definition) is 1. The van der Waals surface area contributed by atoms with E-state index in [-0.39, 0.29) is 17.3 Å². The van der Waals surface area contributed by atoms with Crippen LogP contribution >= 0.6 is 0 Å². The molecule has 1 N–H and O–H groups in total. The highest BCUT2D eigenvalue weighted by Gasteiger charge is 2.27. The van der Waals surface area contributed by atoms with Crippen LogP contribution in [-0.2, 0) is 32.6 Å². The smallest absolute Gasteiger partial charge is 0.243 e. The van der Waals surface area contributed by atoms with Gasteiger partial charge in [-0.05, 0) is 42.3 Å². The molecule has 4 rings (SSSR count). The van der Waals surface area contributed by atoms with Crippen molar-refractivity contribution >= 4 is 21.6 Å². The highest BCUT2D eigenvalue weighted by Crippen LogP contribution is 2.24. The van der Waals surface area contributed by atoms with Crippen molar-refractivity contribution in [2.45, 2.75) is 24.9 Å². The molecular weight excluding hydrogens is 454 g/mol. The lowest BCUT2D eigenvalue weighted by molar-refractivity contribution is -0.117. The number of carbonyl (C=O) groups is 1. The normalized spacial score (nSPS) is 14.9. The van der Waals surface area contributed by atoms with Gasteiger partial charge in [-0.15, -0.1) is 0 Å². The van der Waals surface area contributed by atoms with Crippen LogP contribution in [0.25, 0.3) is 0 Å². The van der Waals surface area contributed by atoms with Crippen molar-refractivity contribution in [3.05, 3.63) is 83.8 Å². The van der Waals surface area contributed by atoms with E-state index in [1.807, 2.05) is 54.3 Å². The molecule has 0 bridgehead atoms. The highest BCUT2D eigenvalue weighted by atomic mass is 32.2. The lowest BCUT2D eigenvalue weighted by Crippen LogP contribution is -2.40. The van der Waals surface area contributed by atoms with Crippen molar-refractivity contribution < 1.29 is 22.4 Å². The van der Waals surface area contributed by atoms with Crippen molar-refractivity contribution in [3.8, 4) is 0 Å². The Morgan fingerprint density at radius 3 is 2.50 bits per heavy atom. The molecule has 2 heterocycles. The first-order valence-corrected chi connectivity index (χ1v) is 12.6.